The van der Waals surface area contributed by atoms with Crippen molar-refractivity contribution in [2.45, 2.75) is 50.7 Å². The number of nitrogens with one attached hydrogen (secondary N) is 1. The fourth-order valence-electron chi connectivity index (χ4n) is 4.46. The zero-order chi connectivity index (χ0) is 27.3. The van der Waals surface area contributed by atoms with E-state index in [1.165, 1.54) is 6.33 Å². The second-order valence-corrected chi connectivity index (χ2v) is 13.7. The molecule has 0 radical (unpaired) electrons. The molecule has 1 unspecified atom stereocenters. The molecule has 4 N–H and O–H groups in total. The lowest BCUT2D eigenvalue weighted by Crippen LogP contribution is -2.32. The van der Waals surface area contributed by atoms with E-state index in [9.17, 15) is 14.0 Å². The van der Waals surface area contributed by atoms with Crippen LogP contribution in [0.15, 0.2) is 36.7 Å². The van der Waals surface area contributed by atoms with Gasteiger partial charge in [0.25, 0.3) is 0 Å². The van der Waals surface area contributed by atoms with E-state index in [0.29, 0.717) is 23.5 Å². The van der Waals surface area contributed by atoms with E-state index in [1.54, 1.807) is 18.4 Å². The summed E-state index contributed by atoms with van der Waals surface area (Å²) in [7, 11) is -9.39. The third-order valence-electron chi connectivity index (χ3n) is 5.90. The first-order valence-electron chi connectivity index (χ1n) is 11.5. The molecule has 5 atom stereocenters. The van der Waals surface area contributed by atoms with E-state index in [-0.39, 0.29) is 5.28 Å². The minimum Gasteiger partial charge on any atom is -0.364 e. The molecule has 0 aliphatic carbocycles. The molecule has 5 rings (SSSR count). The van der Waals surface area contributed by atoms with E-state index in [4.69, 9.17) is 40.1 Å². The number of fused-ring (bicyclic) bond motifs is 2. The van der Waals surface area contributed by atoms with Gasteiger partial charge in [0, 0.05) is 6.54 Å². The van der Waals surface area contributed by atoms with Crippen LogP contribution in [-0.4, -0.2) is 70.8 Å². The van der Waals surface area contributed by atoms with Gasteiger partial charge in [0.2, 0.25) is 5.28 Å². The molecule has 1 aromatic carbocycles. The molecule has 0 spiro atoms. The summed E-state index contributed by atoms with van der Waals surface area (Å²) in [5.74, 6) is -1.90. The van der Waals surface area contributed by atoms with Crippen LogP contribution in [0.4, 0.5) is 5.82 Å². The topological polar surface area (TPSA) is 187 Å². The van der Waals surface area contributed by atoms with Gasteiger partial charge >= 0.3 is 15.2 Å². The Kier molecular flexibility index (Phi) is 7.42. The summed E-state index contributed by atoms with van der Waals surface area (Å²) in [4.78, 5) is 41.1. The van der Waals surface area contributed by atoms with Crippen molar-refractivity contribution >= 4 is 43.8 Å². The molecule has 17 heteroatoms. The van der Waals surface area contributed by atoms with Crippen LogP contribution in [0.25, 0.3) is 11.2 Å². The molecule has 0 saturated carbocycles. The van der Waals surface area contributed by atoms with Gasteiger partial charge in [-0.25, -0.2) is 4.98 Å². The predicted molar refractivity (Wildman–Crippen MR) is 135 cm³/mol. The van der Waals surface area contributed by atoms with Gasteiger partial charge in [0.15, 0.2) is 34.9 Å². The molecule has 2 aromatic heterocycles. The van der Waals surface area contributed by atoms with Crippen LogP contribution in [0, 0.1) is 0 Å². The molecule has 2 aliphatic rings. The molecule has 14 nitrogen and oxygen atoms in total. The Balaban J connectivity index is 1.40. The number of benzene rings is 1. The van der Waals surface area contributed by atoms with Crippen LogP contribution < -0.4 is 5.32 Å². The molecule has 206 valence electrons. The van der Waals surface area contributed by atoms with Crippen LogP contribution in [0.5, 0.6) is 0 Å². The fourth-order valence-corrected chi connectivity index (χ4v) is 7.20. The van der Waals surface area contributed by atoms with Gasteiger partial charge in [-0.1, -0.05) is 30.3 Å². The number of rotatable bonds is 9. The van der Waals surface area contributed by atoms with Crippen molar-refractivity contribution in [1.82, 2.24) is 19.5 Å². The monoisotopic (exact) mass is 589 g/mol. The first-order valence-corrected chi connectivity index (χ1v) is 15.4. The first-order chi connectivity index (χ1) is 17.8. The van der Waals surface area contributed by atoms with Gasteiger partial charge in [0.1, 0.15) is 18.3 Å². The minimum absolute atomic E-state index is 0.0215. The van der Waals surface area contributed by atoms with Crippen molar-refractivity contribution in [3.63, 3.8) is 0 Å². The highest BCUT2D eigenvalue weighted by molar-refractivity contribution is 7.70. The Labute approximate surface area is 222 Å². The van der Waals surface area contributed by atoms with Crippen LogP contribution in [-0.2, 0) is 34.4 Å². The zero-order valence-corrected chi connectivity index (χ0v) is 22.8. The molecule has 0 amide bonds. The summed E-state index contributed by atoms with van der Waals surface area (Å²) < 4.78 is 48.1. The summed E-state index contributed by atoms with van der Waals surface area (Å²) in [5.41, 5.74) is 1.82. The summed E-state index contributed by atoms with van der Waals surface area (Å²) >= 11 is 6.24. The Hall–Kier alpha value is -1.96. The lowest BCUT2D eigenvalue weighted by Gasteiger charge is -2.25. The average Bonchev–Trinajstić information content (AvgIpc) is 3.46. The largest absolute Gasteiger partial charge is 0.364 e. The molecule has 2 saturated heterocycles. The molecular weight excluding hydrogens is 564 g/mol. The van der Waals surface area contributed by atoms with Gasteiger partial charge in [-0.2, -0.15) is 9.97 Å². The lowest BCUT2D eigenvalue weighted by atomic mass is 10.1. The quantitative estimate of drug-likeness (QED) is 0.211. The van der Waals surface area contributed by atoms with Crippen molar-refractivity contribution in [3.8, 4) is 0 Å². The first kappa shape index (κ1) is 27.6. The lowest BCUT2D eigenvalue weighted by molar-refractivity contribution is -0.199. The van der Waals surface area contributed by atoms with Crippen molar-refractivity contribution in [2.24, 2.45) is 0 Å². The second-order valence-electron chi connectivity index (χ2n) is 9.37. The molecular formula is C21H26ClN5O9P2. The fraction of sp³-hybridized carbons (Fsp3) is 0.476. The van der Waals surface area contributed by atoms with Gasteiger partial charge in [-0.15, -0.1) is 0 Å². The number of nitrogens with zero attached hydrogens (tertiary/aromatic N) is 4. The van der Waals surface area contributed by atoms with E-state index < -0.39 is 58.0 Å². The van der Waals surface area contributed by atoms with Crippen molar-refractivity contribution in [2.75, 3.05) is 17.8 Å². The Bertz CT molecular complexity index is 1420. The Morgan fingerprint density at radius 2 is 1.84 bits per heavy atom. The minimum atomic E-state index is -4.79. The van der Waals surface area contributed by atoms with E-state index in [1.807, 2.05) is 30.3 Å². The second kappa shape index (κ2) is 10.2. The molecule has 38 heavy (non-hydrogen) atoms. The van der Waals surface area contributed by atoms with E-state index >= 15 is 0 Å². The maximum atomic E-state index is 12.2. The maximum absolute atomic E-state index is 12.2. The summed E-state index contributed by atoms with van der Waals surface area (Å²) in [6, 6.07) is 9.70. The van der Waals surface area contributed by atoms with Gasteiger partial charge < -0.3 is 38.7 Å². The van der Waals surface area contributed by atoms with Crippen LogP contribution >= 0.6 is 26.8 Å². The number of imidazole rings is 1. The SMILES string of the molecule is CC1(C)O[C@@H]2[C@H](O1)[C@H](n1cnc3c(NCc4ccccc4)nc(Cl)nc31)O[C@@H]2COP(=O)(O)CP(=O)(O)O. The van der Waals surface area contributed by atoms with Crippen LogP contribution in [0.1, 0.15) is 25.6 Å². The Morgan fingerprint density at radius 3 is 2.55 bits per heavy atom. The maximum Gasteiger partial charge on any atom is 0.340 e. The summed E-state index contributed by atoms with van der Waals surface area (Å²) in [6.07, 6.45) is -1.67. The highest BCUT2D eigenvalue weighted by Crippen LogP contribution is 2.56. The molecule has 3 aromatic rings. The molecule has 2 fully saturated rings. The average molecular weight is 590 g/mol. The predicted octanol–water partition coefficient (Wildman–Crippen LogP) is 2.85. The number of aromatic nitrogens is 4. The third-order valence-corrected chi connectivity index (χ3v) is 9.52. The van der Waals surface area contributed by atoms with Crippen LogP contribution in [0.2, 0.25) is 5.28 Å². The number of hydrogen-bond donors (Lipinski definition) is 4. The standard InChI is InChI=1S/C21H26ClN5O9P2/c1-21(2)35-15-13(9-33-38(31,32)11-37(28,29)30)34-19(16(15)36-21)27-10-24-14-17(25-20(22)26-18(14)27)23-8-12-6-4-3-5-7-12/h3-7,10,13,15-16,19H,8-9,11H2,1-2H3,(H,31,32)(H,23,25,26)(H2,28,29,30)/t13-,15+,16+,19-/m1/s1. The number of hydrogen-bond acceptors (Lipinski definition) is 10. The number of ether oxygens (including phenoxy) is 3. The number of anilines is 1. The summed E-state index contributed by atoms with van der Waals surface area (Å²) in [5, 5.41) is 3.20. The van der Waals surface area contributed by atoms with Crippen molar-refractivity contribution in [3.05, 3.63) is 47.5 Å². The van der Waals surface area contributed by atoms with E-state index in [0.717, 1.165) is 5.56 Å². The molecule has 4 heterocycles. The van der Waals surface area contributed by atoms with E-state index in [2.05, 4.69) is 20.3 Å². The number of halogens is 1. The molecule has 0 bridgehead atoms. The normalized spacial score (nSPS) is 26.4. The van der Waals surface area contributed by atoms with Crippen molar-refractivity contribution in [1.29, 1.82) is 0 Å². The smallest absolute Gasteiger partial charge is 0.340 e. The van der Waals surface area contributed by atoms with Gasteiger partial charge in [-0.3, -0.25) is 13.7 Å². The highest BCUT2D eigenvalue weighted by atomic mass is 35.5. The molecule has 2 aliphatic heterocycles. The van der Waals surface area contributed by atoms with Crippen LogP contribution in [0.3, 0.4) is 0 Å². The Morgan fingerprint density at radius 1 is 1.13 bits per heavy atom. The van der Waals surface area contributed by atoms with Gasteiger partial charge in [0.05, 0.1) is 12.9 Å². The highest BCUT2D eigenvalue weighted by Gasteiger charge is 2.56. The zero-order valence-electron chi connectivity index (χ0n) is 20.2. The summed E-state index contributed by atoms with van der Waals surface area (Å²) in [6.45, 7) is 3.42. The van der Waals surface area contributed by atoms with Gasteiger partial charge in [-0.05, 0) is 31.0 Å². The van der Waals surface area contributed by atoms with Crippen molar-refractivity contribution < 1.29 is 42.5 Å². The third kappa shape index (κ3) is 6.10.